The van der Waals surface area contributed by atoms with Crippen molar-refractivity contribution in [3.63, 3.8) is 0 Å². The van der Waals surface area contributed by atoms with Gasteiger partial charge in [-0.2, -0.15) is 5.10 Å². The number of methoxy groups -OCH3 is 1. The van der Waals surface area contributed by atoms with Crippen LogP contribution in [0.4, 0.5) is 5.95 Å². The Hall–Kier alpha value is -2.90. The summed E-state index contributed by atoms with van der Waals surface area (Å²) in [6.45, 7) is 2.67. The van der Waals surface area contributed by atoms with Gasteiger partial charge in [0.25, 0.3) is 5.56 Å². The number of aromatic amines is 1. The van der Waals surface area contributed by atoms with Crippen LogP contribution in [0.15, 0.2) is 34.3 Å². The van der Waals surface area contributed by atoms with Crippen molar-refractivity contribution in [2.24, 2.45) is 5.10 Å². The quantitative estimate of drug-likeness (QED) is 0.592. The molecule has 0 unspecified atom stereocenters. The van der Waals surface area contributed by atoms with Gasteiger partial charge in [0.15, 0.2) is 11.5 Å². The Labute approximate surface area is 127 Å². The number of anilines is 1. The number of H-pyrrole nitrogens is 1. The lowest BCUT2D eigenvalue weighted by Crippen LogP contribution is -2.10. The molecule has 0 fully saturated rings. The van der Waals surface area contributed by atoms with E-state index in [1.165, 1.54) is 0 Å². The number of rotatable bonds is 7. The molecule has 0 aliphatic carbocycles. The zero-order valence-electron chi connectivity index (χ0n) is 12.4. The van der Waals surface area contributed by atoms with E-state index in [-0.39, 0.29) is 11.5 Å². The fourth-order valence-corrected chi connectivity index (χ4v) is 1.63. The Morgan fingerprint density at radius 2 is 2.27 bits per heavy atom. The third kappa shape index (κ3) is 4.30. The van der Waals surface area contributed by atoms with Gasteiger partial charge in [-0.3, -0.25) is 9.78 Å². The van der Waals surface area contributed by atoms with Crippen molar-refractivity contribution >= 4 is 12.2 Å². The lowest BCUT2D eigenvalue weighted by molar-refractivity contribution is 0.294. The molecule has 1 aromatic heterocycles. The minimum atomic E-state index is -0.355. The van der Waals surface area contributed by atoms with Gasteiger partial charge < -0.3 is 9.47 Å². The molecule has 22 heavy (non-hydrogen) atoms. The predicted octanol–water partition coefficient (Wildman–Crippen LogP) is 1.41. The summed E-state index contributed by atoms with van der Waals surface area (Å²) in [6, 6.07) is 5.47. The molecule has 0 saturated carbocycles. The SMILES string of the molecule is CCCOc1ccc(/C=N/Nc2nncc(=O)[nH]2)cc1OC. The Bertz CT molecular complexity index is 699. The average Bonchev–Trinajstić information content (AvgIpc) is 2.53. The van der Waals surface area contributed by atoms with Gasteiger partial charge in [0.2, 0.25) is 5.95 Å². The van der Waals surface area contributed by atoms with Crippen LogP contribution >= 0.6 is 0 Å². The van der Waals surface area contributed by atoms with Crippen LogP contribution in [0.1, 0.15) is 18.9 Å². The van der Waals surface area contributed by atoms with Crippen molar-refractivity contribution in [1.29, 1.82) is 0 Å². The third-order valence-corrected chi connectivity index (χ3v) is 2.61. The van der Waals surface area contributed by atoms with E-state index < -0.39 is 0 Å². The number of nitrogens with zero attached hydrogens (tertiary/aromatic N) is 3. The Balaban J connectivity index is 2.06. The molecule has 0 aliphatic rings. The highest BCUT2D eigenvalue weighted by Gasteiger charge is 2.04. The molecule has 0 spiro atoms. The molecule has 1 aromatic carbocycles. The molecule has 0 aliphatic heterocycles. The highest BCUT2D eigenvalue weighted by molar-refractivity contribution is 5.81. The monoisotopic (exact) mass is 303 g/mol. The van der Waals surface area contributed by atoms with E-state index in [4.69, 9.17) is 9.47 Å². The Morgan fingerprint density at radius 3 is 3.00 bits per heavy atom. The first-order chi connectivity index (χ1) is 10.7. The van der Waals surface area contributed by atoms with E-state index in [0.717, 1.165) is 18.2 Å². The molecule has 0 bridgehead atoms. The van der Waals surface area contributed by atoms with E-state index in [2.05, 4.69) is 25.7 Å². The van der Waals surface area contributed by atoms with Crippen molar-refractivity contribution in [3.05, 3.63) is 40.3 Å². The van der Waals surface area contributed by atoms with Gasteiger partial charge in [0.1, 0.15) is 6.20 Å². The summed E-state index contributed by atoms with van der Waals surface area (Å²) in [5.74, 6) is 1.48. The molecule has 8 nitrogen and oxygen atoms in total. The molecule has 0 radical (unpaired) electrons. The lowest BCUT2D eigenvalue weighted by atomic mass is 10.2. The second-order valence-corrected chi connectivity index (χ2v) is 4.31. The molecule has 2 aromatic rings. The summed E-state index contributed by atoms with van der Waals surface area (Å²) in [5, 5.41) is 11.2. The lowest BCUT2D eigenvalue weighted by Gasteiger charge is -2.10. The maximum Gasteiger partial charge on any atom is 0.271 e. The van der Waals surface area contributed by atoms with E-state index in [1.807, 2.05) is 19.1 Å². The summed E-state index contributed by atoms with van der Waals surface area (Å²) in [5.41, 5.74) is 3.04. The number of nitrogens with one attached hydrogen (secondary N) is 2. The first-order valence-corrected chi connectivity index (χ1v) is 6.75. The van der Waals surface area contributed by atoms with Gasteiger partial charge in [0, 0.05) is 0 Å². The maximum atomic E-state index is 11.1. The molecular weight excluding hydrogens is 286 g/mol. The molecule has 2 rings (SSSR count). The minimum absolute atomic E-state index is 0.165. The number of benzene rings is 1. The number of hydrazone groups is 1. The van der Waals surface area contributed by atoms with Crippen LogP contribution in [0.5, 0.6) is 11.5 Å². The molecule has 0 amide bonds. The van der Waals surface area contributed by atoms with Crippen LogP contribution in [0.3, 0.4) is 0 Å². The number of ether oxygens (including phenoxy) is 2. The van der Waals surface area contributed by atoms with E-state index >= 15 is 0 Å². The molecule has 0 atom stereocenters. The van der Waals surface area contributed by atoms with Gasteiger partial charge in [-0.15, -0.1) is 10.2 Å². The van der Waals surface area contributed by atoms with Gasteiger partial charge >= 0.3 is 0 Å². The first-order valence-electron chi connectivity index (χ1n) is 6.75. The highest BCUT2D eigenvalue weighted by atomic mass is 16.5. The van der Waals surface area contributed by atoms with Crippen LogP contribution in [0.25, 0.3) is 0 Å². The zero-order valence-corrected chi connectivity index (χ0v) is 12.4. The Kier molecular flexibility index (Phi) is 5.47. The topological polar surface area (TPSA) is 101 Å². The van der Waals surface area contributed by atoms with Crippen molar-refractivity contribution in [3.8, 4) is 11.5 Å². The largest absolute Gasteiger partial charge is 0.493 e. The fraction of sp³-hybridized carbons (Fsp3) is 0.286. The van der Waals surface area contributed by atoms with Gasteiger partial charge in [0.05, 0.1) is 19.9 Å². The van der Waals surface area contributed by atoms with E-state index in [0.29, 0.717) is 18.1 Å². The van der Waals surface area contributed by atoms with E-state index in [9.17, 15) is 4.79 Å². The van der Waals surface area contributed by atoms with Crippen molar-refractivity contribution < 1.29 is 9.47 Å². The second kappa shape index (κ2) is 7.77. The van der Waals surface area contributed by atoms with Crippen molar-refractivity contribution in [1.82, 2.24) is 15.2 Å². The summed E-state index contributed by atoms with van der Waals surface area (Å²) in [6.07, 6.45) is 3.57. The number of aromatic nitrogens is 3. The van der Waals surface area contributed by atoms with Gasteiger partial charge in [-0.1, -0.05) is 6.92 Å². The smallest absolute Gasteiger partial charge is 0.271 e. The molecule has 0 saturated heterocycles. The first kappa shape index (κ1) is 15.5. The Morgan fingerprint density at radius 1 is 1.41 bits per heavy atom. The molecule has 2 N–H and O–H groups in total. The number of hydrogen-bond donors (Lipinski definition) is 2. The average molecular weight is 303 g/mol. The van der Waals surface area contributed by atoms with Crippen LogP contribution in [-0.2, 0) is 0 Å². The molecule has 1 heterocycles. The predicted molar refractivity (Wildman–Crippen MR) is 82.6 cm³/mol. The normalized spacial score (nSPS) is 10.6. The second-order valence-electron chi connectivity index (χ2n) is 4.31. The summed E-state index contributed by atoms with van der Waals surface area (Å²) in [7, 11) is 1.58. The standard InChI is InChI=1S/C14H17N5O3/c1-3-6-22-11-5-4-10(7-12(11)21-2)8-15-18-14-17-13(20)9-16-19-14/h4-5,7-9H,3,6H2,1-2H3,(H2,17,18,19,20)/b15-8+. The minimum Gasteiger partial charge on any atom is -0.493 e. The fourth-order valence-electron chi connectivity index (χ4n) is 1.63. The maximum absolute atomic E-state index is 11.1. The summed E-state index contributed by atoms with van der Waals surface area (Å²) >= 11 is 0. The summed E-state index contributed by atoms with van der Waals surface area (Å²) in [4.78, 5) is 13.5. The molecule has 8 heteroatoms. The highest BCUT2D eigenvalue weighted by Crippen LogP contribution is 2.27. The van der Waals surface area contributed by atoms with Crippen LogP contribution in [-0.4, -0.2) is 35.1 Å². The molecular formula is C14H17N5O3. The molecule has 116 valence electrons. The zero-order chi connectivity index (χ0) is 15.8. The van der Waals surface area contributed by atoms with Crippen LogP contribution < -0.4 is 20.5 Å². The van der Waals surface area contributed by atoms with Crippen LogP contribution in [0, 0.1) is 0 Å². The summed E-state index contributed by atoms with van der Waals surface area (Å²) < 4.78 is 10.9. The van der Waals surface area contributed by atoms with Crippen LogP contribution in [0.2, 0.25) is 0 Å². The number of hydrogen-bond acceptors (Lipinski definition) is 7. The van der Waals surface area contributed by atoms with Gasteiger partial charge in [-0.05, 0) is 30.2 Å². The van der Waals surface area contributed by atoms with E-state index in [1.54, 1.807) is 19.4 Å². The van der Waals surface area contributed by atoms with Crippen molar-refractivity contribution in [2.45, 2.75) is 13.3 Å². The third-order valence-electron chi connectivity index (χ3n) is 2.61. The van der Waals surface area contributed by atoms with Gasteiger partial charge in [-0.25, -0.2) is 5.43 Å². The van der Waals surface area contributed by atoms with Crippen molar-refractivity contribution in [2.75, 3.05) is 19.1 Å².